The van der Waals surface area contributed by atoms with E-state index >= 15 is 0 Å². The van der Waals surface area contributed by atoms with Crippen LogP contribution in [0.3, 0.4) is 0 Å². The van der Waals surface area contributed by atoms with E-state index in [9.17, 15) is 30.1 Å². The molecule has 3 N–H and O–H groups in total. The van der Waals surface area contributed by atoms with Crippen LogP contribution in [0.15, 0.2) is 42.5 Å². The smallest absolute Gasteiger partial charge is 0.276 e. The van der Waals surface area contributed by atoms with E-state index in [0.29, 0.717) is 18.2 Å². The first-order valence-corrected chi connectivity index (χ1v) is 7.01. The molecule has 0 aromatic heterocycles. The standard InChI is InChI=1S/C7H4N2O6.C6H6IN/c10-7(11)4-1-5(8(12)13)3-6(2-4)9(14)15;7-5-1-3-6(8)4-2-5/h1-3H,(H,10,11);1-4H,8H2. The molecule has 23 heavy (non-hydrogen) atoms. The van der Waals surface area contributed by atoms with E-state index in [4.69, 9.17) is 0 Å². The molecule has 9 nitrogen and oxygen atoms in total. The summed E-state index contributed by atoms with van der Waals surface area (Å²) >= 11 is 2.27. The minimum absolute atomic E-state index is 0.601. The van der Waals surface area contributed by atoms with Crippen molar-refractivity contribution in [3.05, 3.63) is 71.8 Å². The van der Waals surface area contributed by atoms with Crippen molar-refractivity contribution in [1.82, 2.24) is 0 Å². The monoisotopic (exact) mass is 431 g/mol. The third kappa shape index (κ3) is 5.96. The van der Waals surface area contributed by atoms with Crippen molar-refractivity contribution in [2.75, 3.05) is 0 Å². The SMILES string of the molecule is O=C([O-])c1cc([N+](=O)[O-])cc([N+](=O)[O-])c1.[NH3+]c1ccc(I)cc1. The average Bonchev–Trinajstić information content (AvgIpc) is 2.50. The van der Waals surface area contributed by atoms with Gasteiger partial charge in [0.05, 0.1) is 21.9 Å². The Kier molecular flexibility index (Phi) is 6.53. The highest BCUT2D eigenvalue weighted by atomic mass is 127. The number of rotatable bonds is 3. The van der Waals surface area contributed by atoms with E-state index in [1.165, 1.54) is 3.57 Å². The van der Waals surface area contributed by atoms with Crippen LogP contribution in [0.2, 0.25) is 0 Å². The molecule has 0 bridgehead atoms. The van der Waals surface area contributed by atoms with Gasteiger partial charge in [0.1, 0.15) is 5.69 Å². The number of nitrogens with zero attached hydrogens (tertiary/aromatic N) is 2. The van der Waals surface area contributed by atoms with Crippen molar-refractivity contribution in [2.45, 2.75) is 0 Å². The van der Waals surface area contributed by atoms with Crippen LogP contribution in [0.4, 0.5) is 17.1 Å². The fourth-order valence-electron chi connectivity index (χ4n) is 1.41. The van der Waals surface area contributed by atoms with Gasteiger partial charge in [-0.05, 0) is 46.9 Å². The second kappa shape index (κ2) is 8.14. The van der Waals surface area contributed by atoms with Crippen molar-refractivity contribution in [2.24, 2.45) is 0 Å². The van der Waals surface area contributed by atoms with Gasteiger partial charge in [0.15, 0.2) is 0 Å². The first kappa shape index (κ1) is 18.4. The maximum atomic E-state index is 10.4. The summed E-state index contributed by atoms with van der Waals surface area (Å²) in [5.41, 5.74) is 2.90. The van der Waals surface area contributed by atoms with Crippen molar-refractivity contribution in [1.29, 1.82) is 0 Å². The zero-order valence-corrected chi connectivity index (χ0v) is 13.6. The molecule has 10 heteroatoms. The van der Waals surface area contributed by atoms with Crippen molar-refractivity contribution >= 4 is 45.6 Å². The van der Waals surface area contributed by atoms with E-state index in [-0.39, 0.29) is 0 Å². The van der Waals surface area contributed by atoms with Crippen molar-refractivity contribution in [3.8, 4) is 0 Å². The van der Waals surface area contributed by atoms with Crippen LogP contribution < -0.4 is 10.8 Å². The van der Waals surface area contributed by atoms with Crippen LogP contribution in [-0.2, 0) is 0 Å². The number of nitro benzene ring substituents is 2. The number of hydrogen-bond donors (Lipinski definition) is 1. The molecule has 0 amide bonds. The Hall–Kier alpha value is -2.60. The number of aromatic carboxylic acids is 1. The van der Waals surface area contributed by atoms with Crippen molar-refractivity contribution in [3.63, 3.8) is 0 Å². The summed E-state index contributed by atoms with van der Waals surface area (Å²) in [5.74, 6) is -1.71. The maximum absolute atomic E-state index is 10.4. The molecule has 0 atom stereocenters. The van der Waals surface area contributed by atoms with Gasteiger partial charge in [-0.2, -0.15) is 0 Å². The third-order valence-electron chi connectivity index (χ3n) is 2.47. The third-order valence-corrected chi connectivity index (χ3v) is 3.19. The first-order valence-electron chi connectivity index (χ1n) is 5.93. The lowest BCUT2D eigenvalue weighted by molar-refractivity contribution is -0.394. The Morgan fingerprint density at radius 2 is 1.39 bits per heavy atom. The number of hydrogen-bond acceptors (Lipinski definition) is 6. The summed E-state index contributed by atoms with van der Waals surface area (Å²) in [7, 11) is 0. The van der Waals surface area contributed by atoms with Crippen LogP contribution in [-0.4, -0.2) is 15.8 Å². The van der Waals surface area contributed by atoms with E-state index in [0.717, 1.165) is 5.69 Å². The summed E-state index contributed by atoms with van der Waals surface area (Å²) in [5, 5.41) is 31.0. The van der Waals surface area contributed by atoms with Gasteiger partial charge in [0.25, 0.3) is 11.4 Å². The van der Waals surface area contributed by atoms with Gasteiger partial charge in [-0.15, -0.1) is 0 Å². The van der Waals surface area contributed by atoms with Gasteiger partial charge in [-0.3, -0.25) is 20.2 Å². The fraction of sp³-hybridized carbons (Fsp3) is 0. The molecule has 0 saturated carbocycles. The van der Waals surface area contributed by atoms with Crippen LogP contribution in [0, 0.1) is 23.8 Å². The molecule has 2 rings (SSSR count). The summed E-state index contributed by atoms with van der Waals surface area (Å²) in [6.45, 7) is 0. The normalized spacial score (nSPS) is 9.48. The van der Waals surface area contributed by atoms with Gasteiger partial charge in [-0.1, -0.05) is 0 Å². The number of benzene rings is 2. The molecule has 0 radical (unpaired) electrons. The first-order chi connectivity index (χ1) is 10.7. The highest BCUT2D eigenvalue weighted by Gasteiger charge is 2.16. The molecule has 0 saturated heterocycles. The van der Waals surface area contributed by atoms with Crippen LogP contribution in [0.1, 0.15) is 10.4 Å². The van der Waals surface area contributed by atoms with E-state index in [1.807, 2.05) is 24.3 Å². The van der Waals surface area contributed by atoms with Crippen molar-refractivity contribution < 1.29 is 25.5 Å². The lowest BCUT2D eigenvalue weighted by Crippen LogP contribution is -2.39. The number of carbonyl (C=O) groups is 1. The average molecular weight is 431 g/mol. The number of non-ortho nitro benzene ring substituents is 2. The minimum Gasteiger partial charge on any atom is -0.545 e. The zero-order valence-electron chi connectivity index (χ0n) is 11.5. The zero-order chi connectivity index (χ0) is 17.6. The second-order valence-electron chi connectivity index (χ2n) is 4.17. The fourth-order valence-corrected chi connectivity index (χ4v) is 1.77. The Morgan fingerprint density at radius 1 is 0.957 bits per heavy atom. The minimum atomic E-state index is -1.71. The summed E-state index contributed by atoms with van der Waals surface area (Å²) in [4.78, 5) is 29.2. The molecule has 0 spiro atoms. The molecular formula is C13H10IN3O6. The maximum Gasteiger partial charge on any atom is 0.276 e. The molecule has 0 aliphatic rings. The molecule has 0 aliphatic heterocycles. The Balaban J connectivity index is 0.000000277. The summed E-state index contributed by atoms with van der Waals surface area (Å²) in [6, 6.07) is 10.2. The number of carboxylic acids is 1. The number of nitro groups is 2. The number of quaternary nitrogens is 1. The number of carbonyl (C=O) groups excluding carboxylic acids is 1. The van der Waals surface area contributed by atoms with Gasteiger partial charge < -0.3 is 15.6 Å². The van der Waals surface area contributed by atoms with Crippen LogP contribution in [0.5, 0.6) is 0 Å². The number of halogens is 1. The Bertz CT molecular complexity index is 648. The van der Waals surface area contributed by atoms with Gasteiger partial charge in [0, 0.05) is 21.3 Å². The van der Waals surface area contributed by atoms with Crippen LogP contribution in [0.25, 0.3) is 0 Å². The molecule has 2 aromatic rings. The predicted octanol–water partition coefficient (Wildman–Crippen LogP) is 1.03. The second-order valence-corrected chi connectivity index (χ2v) is 5.41. The topological polar surface area (TPSA) is 154 Å². The molecule has 0 unspecified atom stereocenters. The Labute approximate surface area is 143 Å². The molecular weight excluding hydrogens is 421 g/mol. The van der Waals surface area contributed by atoms with E-state index < -0.39 is 32.8 Å². The quantitative estimate of drug-likeness (QED) is 0.435. The molecule has 0 aliphatic carbocycles. The van der Waals surface area contributed by atoms with Gasteiger partial charge in [0.2, 0.25) is 0 Å². The summed E-state index contributed by atoms with van der Waals surface area (Å²) in [6.07, 6.45) is 0. The number of carboxylic acid groups (broad SMARTS) is 1. The highest BCUT2D eigenvalue weighted by molar-refractivity contribution is 14.1. The van der Waals surface area contributed by atoms with Gasteiger partial charge in [-0.25, -0.2) is 0 Å². The predicted molar refractivity (Wildman–Crippen MR) is 85.8 cm³/mol. The molecule has 2 aromatic carbocycles. The van der Waals surface area contributed by atoms with Crippen LogP contribution >= 0.6 is 22.6 Å². The highest BCUT2D eigenvalue weighted by Crippen LogP contribution is 2.22. The lowest BCUT2D eigenvalue weighted by atomic mass is 10.2. The molecule has 0 fully saturated rings. The summed E-state index contributed by atoms with van der Waals surface area (Å²) < 4.78 is 1.26. The van der Waals surface area contributed by atoms with E-state index in [1.54, 1.807) is 0 Å². The van der Waals surface area contributed by atoms with E-state index in [2.05, 4.69) is 28.3 Å². The lowest BCUT2D eigenvalue weighted by Gasteiger charge is -2.01. The largest absolute Gasteiger partial charge is 0.545 e. The van der Waals surface area contributed by atoms with Gasteiger partial charge >= 0.3 is 0 Å². The molecule has 120 valence electrons. The Morgan fingerprint density at radius 3 is 1.70 bits per heavy atom. The molecule has 0 heterocycles.